The van der Waals surface area contributed by atoms with Crippen molar-refractivity contribution in [3.63, 3.8) is 0 Å². The Bertz CT molecular complexity index is 93.0. The lowest BCUT2D eigenvalue weighted by molar-refractivity contribution is -0.114. The summed E-state index contributed by atoms with van der Waals surface area (Å²) in [7, 11) is 0. The molecular weight excluding hydrogens is 128 g/mol. The van der Waals surface area contributed by atoms with E-state index in [9.17, 15) is 4.79 Å². The van der Waals surface area contributed by atoms with Crippen LogP contribution in [0.1, 0.15) is 33.1 Å². The molecule has 60 valence electrons. The number of hydrazine groups is 1. The Morgan fingerprint density at radius 3 is 1.90 bits per heavy atom. The largest absolute Gasteiger partial charge is 0.300 e. The van der Waals surface area contributed by atoms with Crippen molar-refractivity contribution in [2.45, 2.75) is 39.2 Å². The van der Waals surface area contributed by atoms with Gasteiger partial charge in [-0.05, 0) is 26.7 Å². The highest BCUT2D eigenvalue weighted by molar-refractivity contribution is 5.72. The minimum Gasteiger partial charge on any atom is -0.300 e. The van der Waals surface area contributed by atoms with Crippen LogP contribution < -0.4 is 11.3 Å². The van der Waals surface area contributed by atoms with E-state index >= 15 is 0 Å². The minimum atomic E-state index is 0.167. The lowest BCUT2D eigenvalue weighted by atomic mass is 9.94. The van der Waals surface area contributed by atoms with Crippen LogP contribution in [-0.4, -0.2) is 11.8 Å². The Morgan fingerprint density at radius 1 is 1.50 bits per heavy atom. The molecule has 1 fully saturated rings. The quantitative estimate of drug-likeness (QED) is 0.418. The molecule has 0 aliphatic heterocycles. The van der Waals surface area contributed by atoms with Crippen molar-refractivity contribution < 1.29 is 4.79 Å². The van der Waals surface area contributed by atoms with Crippen LogP contribution in [0.2, 0.25) is 0 Å². The number of nitrogens with two attached hydrogens (primary N) is 1. The van der Waals surface area contributed by atoms with E-state index in [4.69, 9.17) is 5.84 Å². The van der Waals surface area contributed by atoms with Crippen LogP contribution in [0.3, 0.4) is 0 Å². The average molecular weight is 144 g/mol. The Labute approximate surface area is 62.0 Å². The van der Waals surface area contributed by atoms with E-state index < -0.39 is 0 Å². The van der Waals surface area contributed by atoms with Crippen LogP contribution in [0.15, 0.2) is 0 Å². The molecule has 0 spiro atoms. The molecule has 0 aromatic heterocycles. The summed E-state index contributed by atoms with van der Waals surface area (Å²) in [6.07, 6.45) is 3.90. The molecule has 1 aliphatic rings. The lowest BCUT2D eigenvalue weighted by Gasteiger charge is -2.23. The zero-order valence-corrected chi connectivity index (χ0v) is 6.68. The van der Waals surface area contributed by atoms with Gasteiger partial charge < -0.3 is 4.79 Å². The van der Waals surface area contributed by atoms with Crippen molar-refractivity contribution in [2.24, 2.45) is 5.84 Å². The molecule has 0 unspecified atom stereocenters. The van der Waals surface area contributed by atoms with Gasteiger partial charge in [0.15, 0.2) is 0 Å². The second kappa shape index (κ2) is 5.38. The first-order valence-corrected chi connectivity index (χ1v) is 3.60. The molecule has 0 heterocycles. The van der Waals surface area contributed by atoms with Gasteiger partial charge in [-0.3, -0.25) is 11.3 Å². The summed E-state index contributed by atoms with van der Waals surface area (Å²) in [5, 5.41) is 0. The van der Waals surface area contributed by atoms with Crippen LogP contribution in [0.5, 0.6) is 0 Å². The first-order valence-electron chi connectivity index (χ1n) is 3.60. The molecule has 0 aromatic carbocycles. The molecular formula is C7H16N2O. The summed E-state index contributed by atoms with van der Waals surface area (Å²) in [4.78, 5) is 9.44. The maximum Gasteiger partial charge on any atom is 0.126 e. The van der Waals surface area contributed by atoms with E-state index in [1.807, 2.05) is 0 Å². The third-order valence-corrected chi connectivity index (χ3v) is 1.34. The molecule has 3 nitrogen and oxygen atoms in total. The van der Waals surface area contributed by atoms with Crippen molar-refractivity contribution in [3.05, 3.63) is 0 Å². The molecule has 1 rings (SSSR count). The van der Waals surface area contributed by atoms with Gasteiger partial charge in [-0.2, -0.15) is 0 Å². The number of hydrogen-bond donors (Lipinski definition) is 2. The van der Waals surface area contributed by atoms with Gasteiger partial charge in [0.1, 0.15) is 5.78 Å². The third-order valence-electron chi connectivity index (χ3n) is 1.34. The maximum absolute atomic E-state index is 9.44. The van der Waals surface area contributed by atoms with Crippen molar-refractivity contribution >= 4 is 5.78 Å². The predicted octanol–water partition coefficient (Wildman–Crippen LogP) is 0.597. The van der Waals surface area contributed by atoms with Crippen LogP contribution >= 0.6 is 0 Å². The number of nitrogens with one attached hydrogen (secondary N) is 1. The molecule has 0 radical (unpaired) electrons. The van der Waals surface area contributed by atoms with Gasteiger partial charge in [-0.25, -0.2) is 0 Å². The molecule has 3 N–H and O–H groups in total. The van der Waals surface area contributed by atoms with E-state index in [2.05, 4.69) is 5.43 Å². The van der Waals surface area contributed by atoms with E-state index in [1.165, 1.54) is 33.1 Å². The van der Waals surface area contributed by atoms with Gasteiger partial charge in [0.25, 0.3) is 0 Å². The van der Waals surface area contributed by atoms with Gasteiger partial charge in [0.2, 0.25) is 0 Å². The molecule has 0 bridgehead atoms. The van der Waals surface area contributed by atoms with E-state index in [0.717, 1.165) is 0 Å². The van der Waals surface area contributed by atoms with Crippen LogP contribution in [-0.2, 0) is 4.79 Å². The Hall–Kier alpha value is -0.410. The predicted molar refractivity (Wildman–Crippen MR) is 41.3 cm³/mol. The molecule has 1 aliphatic carbocycles. The van der Waals surface area contributed by atoms with Crippen LogP contribution in [0.25, 0.3) is 0 Å². The van der Waals surface area contributed by atoms with Gasteiger partial charge in [0, 0.05) is 6.04 Å². The van der Waals surface area contributed by atoms with Crippen LogP contribution in [0, 0.1) is 0 Å². The molecule has 0 amide bonds. The van der Waals surface area contributed by atoms with E-state index in [1.54, 1.807) is 0 Å². The van der Waals surface area contributed by atoms with Crippen LogP contribution in [0.4, 0.5) is 0 Å². The smallest absolute Gasteiger partial charge is 0.126 e. The van der Waals surface area contributed by atoms with E-state index in [-0.39, 0.29) is 5.78 Å². The highest BCUT2D eigenvalue weighted by Gasteiger charge is 2.13. The molecule has 0 atom stereocenters. The SMILES string of the molecule is CC(C)=O.NNC1CCC1. The summed E-state index contributed by atoms with van der Waals surface area (Å²) < 4.78 is 0. The molecule has 3 heteroatoms. The number of rotatable bonds is 1. The summed E-state index contributed by atoms with van der Waals surface area (Å²) in [6, 6.07) is 0.644. The van der Waals surface area contributed by atoms with Crippen molar-refractivity contribution in [1.82, 2.24) is 5.43 Å². The van der Waals surface area contributed by atoms with Crippen molar-refractivity contribution in [2.75, 3.05) is 0 Å². The lowest BCUT2D eigenvalue weighted by Crippen LogP contribution is -2.39. The Kier molecular flexibility index (Phi) is 5.16. The molecule has 0 aromatic rings. The molecule has 0 saturated heterocycles. The van der Waals surface area contributed by atoms with E-state index in [0.29, 0.717) is 6.04 Å². The van der Waals surface area contributed by atoms with Gasteiger partial charge in [0.05, 0.1) is 0 Å². The first kappa shape index (κ1) is 9.59. The topological polar surface area (TPSA) is 55.1 Å². The second-order valence-corrected chi connectivity index (χ2v) is 2.70. The van der Waals surface area contributed by atoms with Gasteiger partial charge in [-0.1, -0.05) is 6.42 Å². The molecule has 1 saturated carbocycles. The highest BCUT2D eigenvalue weighted by Crippen LogP contribution is 2.16. The summed E-state index contributed by atoms with van der Waals surface area (Å²) in [5.74, 6) is 5.25. The second-order valence-electron chi connectivity index (χ2n) is 2.70. The van der Waals surface area contributed by atoms with Crippen molar-refractivity contribution in [3.8, 4) is 0 Å². The van der Waals surface area contributed by atoms with Crippen molar-refractivity contribution in [1.29, 1.82) is 0 Å². The molecule has 10 heavy (non-hydrogen) atoms. The minimum absolute atomic E-state index is 0.167. The highest BCUT2D eigenvalue weighted by atomic mass is 16.1. The summed E-state index contributed by atoms with van der Waals surface area (Å²) in [5.41, 5.74) is 2.70. The Morgan fingerprint density at radius 2 is 1.90 bits per heavy atom. The first-order chi connectivity index (χ1) is 4.66. The number of Topliss-reactive ketones (excluding diaryl/α,β-unsaturated/α-hetero) is 1. The van der Waals surface area contributed by atoms with Gasteiger partial charge >= 0.3 is 0 Å². The maximum atomic E-state index is 9.44. The standard InChI is InChI=1S/C4H10N2.C3H6O/c5-6-4-2-1-3-4;1-3(2)4/h4,6H,1-3,5H2;1-2H3. The third kappa shape index (κ3) is 5.72. The monoisotopic (exact) mass is 144 g/mol. The number of hydrogen-bond acceptors (Lipinski definition) is 3. The zero-order valence-electron chi connectivity index (χ0n) is 6.68. The average Bonchev–Trinajstić information content (AvgIpc) is 1.59. The normalized spacial score (nSPS) is 16.7. The fourth-order valence-electron chi connectivity index (χ4n) is 0.575. The fourth-order valence-corrected chi connectivity index (χ4v) is 0.575. The summed E-state index contributed by atoms with van der Waals surface area (Å²) in [6.45, 7) is 3.06. The summed E-state index contributed by atoms with van der Waals surface area (Å²) >= 11 is 0. The number of carbonyl (C=O) groups excluding carboxylic acids is 1. The number of ketones is 1. The van der Waals surface area contributed by atoms with Gasteiger partial charge in [-0.15, -0.1) is 0 Å². The number of carbonyl (C=O) groups is 1. The zero-order chi connectivity index (χ0) is 7.98. The fraction of sp³-hybridized carbons (Fsp3) is 0.857. The Balaban J connectivity index is 0.000000180.